The Morgan fingerprint density at radius 2 is 2.20 bits per heavy atom. The van der Waals surface area contributed by atoms with E-state index in [-0.39, 0.29) is 18.5 Å². The number of carbonyl (C=O) groups excluding carboxylic acids is 1. The Kier molecular flexibility index (Phi) is 4.31. The Morgan fingerprint density at radius 3 is 2.80 bits per heavy atom. The lowest BCUT2D eigenvalue weighted by Gasteiger charge is -2.06. The van der Waals surface area contributed by atoms with E-state index < -0.39 is 0 Å². The fraction of sp³-hybridized carbons (Fsp3) is 0.417. The van der Waals surface area contributed by atoms with Gasteiger partial charge in [-0.3, -0.25) is 4.79 Å². The topological polar surface area (TPSA) is 52.3 Å². The molecule has 0 saturated carbocycles. The van der Waals surface area contributed by atoms with Crippen LogP contribution in [0.2, 0.25) is 0 Å². The van der Waals surface area contributed by atoms with E-state index >= 15 is 0 Å². The molecule has 0 spiro atoms. The molecule has 0 heterocycles. The molecule has 82 valence electrons. The van der Waals surface area contributed by atoms with Crippen LogP contribution in [0.5, 0.6) is 0 Å². The van der Waals surface area contributed by atoms with Crippen LogP contribution in [0, 0.1) is 0 Å². The third-order valence-electron chi connectivity index (χ3n) is 1.93. The van der Waals surface area contributed by atoms with Crippen molar-refractivity contribution in [3.05, 3.63) is 29.8 Å². The summed E-state index contributed by atoms with van der Waals surface area (Å²) in [5.74, 6) is 0.0781. The molecule has 1 aromatic rings. The highest BCUT2D eigenvalue weighted by molar-refractivity contribution is 5.82. The summed E-state index contributed by atoms with van der Waals surface area (Å²) in [6.45, 7) is 3.99. The maximum atomic E-state index is 11.5. The summed E-state index contributed by atoms with van der Waals surface area (Å²) in [6.07, 6.45) is 0.479. The summed E-state index contributed by atoms with van der Waals surface area (Å²) in [5.41, 5.74) is 7.24. The van der Waals surface area contributed by atoms with E-state index in [9.17, 15) is 4.79 Å². The van der Waals surface area contributed by atoms with E-state index in [0.29, 0.717) is 12.1 Å². The number of carbonyl (C=O) groups is 1. The fourth-order valence-electron chi connectivity index (χ4n) is 1.24. The third-order valence-corrected chi connectivity index (χ3v) is 1.93. The first-order valence-electron chi connectivity index (χ1n) is 5.05. The van der Waals surface area contributed by atoms with Crippen molar-refractivity contribution in [2.45, 2.75) is 26.4 Å². The van der Waals surface area contributed by atoms with Crippen LogP contribution in [0.4, 0.5) is 5.69 Å². The van der Waals surface area contributed by atoms with Gasteiger partial charge >= 0.3 is 0 Å². The van der Waals surface area contributed by atoms with Gasteiger partial charge in [0.25, 0.3) is 0 Å². The van der Waals surface area contributed by atoms with E-state index in [1.165, 1.54) is 0 Å². The number of nitrogens with two attached hydrogens (primary N) is 1. The van der Waals surface area contributed by atoms with Crippen LogP contribution in [0.1, 0.15) is 19.4 Å². The number of anilines is 1. The molecule has 0 aliphatic heterocycles. The number of hydrogen-bond acceptors (Lipinski definition) is 3. The lowest BCUT2D eigenvalue weighted by molar-refractivity contribution is -0.124. The molecule has 0 saturated heterocycles. The molecular weight excluding hydrogens is 190 g/mol. The molecule has 2 N–H and O–H groups in total. The van der Waals surface area contributed by atoms with Crippen LogP contribution in [0.25, 0.3) is 0 Å². The molecule has 3 nitrogen and oxygen atoms in total. The molecule has 3 heteroatoms. The van der Waals surface area contributed by atoms with Crippen molar-refractivity contribution < 1.29 is 9.53 Å². The van der Waals surface area contributed by atoms with E-state index in [2.05, 4.69) is 0 Å². The summed E-state index contributed by atoms with van der Waals surface area (Å²) in [6, 6.07) is 7.36. The summed E-state index contributed by atoms with van der Waals surface area (Å²) < 4.78 is 5.23. The Morgan fingerprint density at radius 1 is 1.47 bits per heavy atom. The second-order valence-corrected chi connectivity index (χ2v) is 3.82. The minimum atomic E-state index is 0.0781. The minimum absolute atomic E-state index is 0.0781. The van der Waals surface area contributed by atoms with Gasteiger partial charge in [-0.25, -0.2) is 0 Å². The zero-order valence-corrected chi connectivity index (χ0v) is 9.19. The summed E-state index contributed by atoms with van der Waals surface area (Å²) in [7, 11) is 0. The highest BCUT2D eigenvalue weighted by Gasteiger charge is 2.05. The zero-order chi connectivity index (χ0) is 11.3. The van der Waals surface area contributed by atoms with Crippen molar-refractivity contribution in [2.75, 3.05) is 12.3 Å². The van der Waals surface area contributed by atoms with Gasteiger partial charge in [0.05, 0.1) is 6.10 Å². The maximum absolute atomic E-state index is 11.5. The van der Waals surface area contributed by atoms with Crippen molar-refractivity contribution in [3.63, 3.8) is 0 Å². The van der Waals surface area contributed by atoms with E-state index in [4.69, 9.17) is 10.5 Å². The lowest BCUT2D eigenvalue weighted by atomic mass is 10.1. The van der Waals surface area contributed by atoms with Gasteiger partial charge < -0.3 is 10.5 Å². The Balaban J connectivity index is 2.44. The van der Waals surface area contributed by atoms with Crippen LogP contribution >= 0.6 is 0 Å². The molecule has 0 unspecified atom stereocenters. The highest BCUT2D eigenvalue weighted by Crippen LogP contribution is 2.07. The van der Waals surface area contributed by atoms with Gasteiger partial charge in [-0.1, -0.05) is 12.1 Å². The molecule has 0 fully saturated rings. The Bertz CT molecular complexity index is 334. The summed E-state index contributed by atoms with van der Waals surface area (Å²) in [5, 5.41) is 0. The van der Waals surface area contributed by atoms with E-state index in [1.807, 2.05) is 32.0 Å². The highest BCUT2D eigenvalue weighted by atomic mass is 16.5. The van der Waals surface area contributed by atoms with Crippen LogP contribution in [-0.4, -0.2) is 18.5 Å². The van der Waals surface area contributed by atoms with Crippen molar-refractivity contribution in [1.82, 2.24) is 0 Å². The van der Waals surface area contributed by atoms with Crippen LogP contribution in [0.15, 0.2) is 24.3 Å². The largest absolute Gasteiger partial charge is 0.399 e. The fourth-order valence-corrected chi connectivity index (χ4v) is 1.24. The van der Waals surface area contributed by atoms with Crippen molar-refractivity contribution in [1.29, 1.82) is 0 Å². The van der Waals surface area contributed by atoms with Gasteiger partial charge in [-0.05, 0) is 31.5 Å². The van der Waals surface area contributed by atoms with E-state index in [1.54, 1.807) is 6.07 Å². The first-order valence-corrected chi connectivity index (χ1v) is 5.05. The second kappa shape index (κ2) is 5.51. The average molecular weight is 207 g/mol. The first-order chi connectivity index (χ1) is 7.08. The molecule has 15 heavy (non-hydrogen) atoms. The molecular formula is C12H17NO2. The number of hydrogen-bond donors (Lipinski definition) is 1. The minimum Gasteiger partial charge on any atom is -0.399 e. The number of rotatable bonds is 5. The Hall–Kier alpha value is -1.35. The molecule has 0 aliphatic carbocycles. The van der Waals surface area contributed by atoms with Gasteiger partial charge in [-0.2, -0.15) is 0 Å². The van der Waals surface area contributed by atoms with Gasteiger partial charge in [0.15, 0.2) is 5.78 Å². The second-order valence-electron chi connectivity index (χ2n) is 3.82. The predicted molar refractivity (Wildman–Crippen MR) is 60.7 cm³/mol. The molecule has 0 aliphatic rings. The summed E-state index contributed by atoms with van der Waals surface area (Å²) in [4.78, 5) is 11.5. The zero-order valence-electron chi connectivity index (χ0n) is 9.19. The molecule has 0 amide bonds. The van der Waals surface area contributed by atoms with Crippen molar-refractivity contribution in [2.24, 2.45) is 0 Å². The van der Waals surface area contributed by atoms with Crippen LogP contribution in [0.3, 0.4) is 0 Å². The van der Waals surface area contributed by atoms with Crippen molar-refractivity contribution >= 4 is 11.5 Å². The Labute approximate surface area is 90.2 Å². The smallest absolute Gasteiger partial charge is 0.162 e. The number of ketones is 1. The molecule has 0 radical (unpaired) electrons. The predicted octanol–water partition coefficient (Wildman–Crippen LogP) is 1.81. The molecule has 0 bridgehead atoms. The number of nitrogen functional groups attached to an aromatic ring is 1. The van der Waals surface area contributed by atoms with Crippen LogP contribution in [-0.2, 0) is 16.0 Å². The standard InChI is InChI=1S/C12H17NO2/c1-9(2)15-8-12(14)7-10-4-3-5-11(13)6-10/h3-6,9H,7-8,13H2,1-2H3. The quantitative estimate of drug-likeness (QED) is 0.749. The summed E-state index contributed by atoms with van der Waals surface area (Å²) >= 11 is 0. The number of ether oxygens (including phenoxy) is 1. The molecule has 1 aromatic carbocycles. The number of Topliss-reactive ketones (excluding diaryl/α,β-unsaturated/α-hetero) is 1. The monoisotopic (exact) mass is 207 g/mol. The molecule has 0 aromatic heterocycles. The van der Waals surface area contributed by atoms with Crippen LogP contribution < -0.4 is 5.73 Å². The van der Waals surface area contributed by atoms with Crippen molar-refractivity contribution in [3.8, 4) is 0 Å². The maximum Gasteiger partial charge on any atom is 0.162 e. The normalized spacial score (nSPS) is 10.6. The van der Waals surface area contributed by atoms with Gasteiger partial charge in [0.2, 0.25) is 0 Å². The lowest BCUT2D eigenvalue weighted by Crippen LogP contribution is -2.15. The SMILES string of the molecule is CC(C)OCC(=O)Cc1cccc(N)c1. The van der Waals surface area contributed by atoms with E-state index in [0.717, 1.165) is 5.56 Å². The average Bonchev–Trinajstić information content (AvgIpc) is 2.15. The first kappa shape index (κ1) is 11.7. The molecule has 1 rings (SSSR count). The number of benzene rings is 1. The molecule has 0 atom stereocenters. The van der Waals surface area contributed by atoms with Gasteiger partial charge in [0, 0.05) is 12.1 Å². The van der Waals surface area contributed by atoms with Gasteiger partial charge in [-0.15, -0.1) is 0 Å². The van der Waals surface area contributed by atoms with Gasteiger partial charge in [0.1, 0.15) is 6.61 Å². The third kappa shape index (κ3) is 4.61.